The molecule has 0 saturated carbocycles. The van der Waals surface area contributed by atoms with E-state index in [0.717, 1.165) is 5.69 Å². The molecular weight excluding hydrogens is 218 g/mol. The van der Waals surface area contributed by atoms with Crippen LogP contribution in [-0.4, -0.2) is 16.6 Å². The minimum Gasteiger partial charge on any atom is -0.308 e. The van der Waals surface area contributed by atoms with Crippen LogP contribution in [0.15, 0.2) is 23.6 Å². The molecule has 0 saturated heterocycles. The first-order valence-electron chi connectivity index (χ1n) is 5.23. The molecule has 0 amide bonds. The van der Waals surface area contributed by atoms with Crippen LogP contribution in [0.25, 0.3) is 0 Å². The molecule has 1 N–H and O–H groups in total. The van der Waals surface area contributed by atoms with E-state index in [1.807, 2.05) is 12.4 Å². The van der Waals surface area contributed by atoms with Crippen molar-refractivity contribution in [1.29, 1.82) is 0 Å². The first kappa shape index (κ1) is 11.2. The molecule has 0 spiro atoms. The molecule has 2 rings (SSSR count). The van der Waals surface area contributed by atoms with Gasteiger partial charge >= 0.3 is 0 Å². The second-order valence-electron chi connectivity index (χ2n) is 3.91. The SMILES string of the molecule is CNC(c1csnn1)c1ccc(C)cc1C. The quantitative estimate of drug-likeness (QED) is 0.885. The van der Waals surface area contributed by atoms with Gasteiger partial charge in [-0.05, 0) is 43.6 Å². The Morgan fingerprint density at radius 2 is 2.12 bits per heavy atom. The Balaban J connectivity index is 2.41. The topological polar surface area (TPSA) is 37.8 Å². The smallest absolute Gasteiger partial charge is 0.0970 e. The Morgan fingerprint density at radius 1 is 1.31 bits per heavy atom. The highest BCUT2D eigenvalue weighted by atomic mass is 32.1. The van der Waals surface area contributed by atoms with Gasteiger partial charge in [-0.3, -0.25) is 0 Å². The minimum absolute atomic E-state index is 0.138. The Hall–Kier alpha value is -1.26. The van der Waals surface area contributed by atoms with Crippen LogP contribution < -0.4 is 5.32 Å². The molecule has 16 heavy (non-hydrogen) atoms. The van der Waals surface area contributed by atoms with Gasteiger partial charge in [0.05, 0.1) is 11.7 Å². The average Bonchev–Trinajstić information content (AvgIpc) is 2.75. The third-order valence-electron chi connectivity index (χ3n) is 2.70. The molecule has 0 aliphatic rings. The van der Waals surface area contributed by atoms with E-state index in [-0.39, 0.29) is 6.04 Å². The highest BCUT2D eigenvalue weighted by molar-refractivity contribution is 7.03. The minimum atomic E-state index is 0.138. The van der Waals surface area contributed by atoms with Gasteiger partial charge in [0, 0.05) is 5.38 Å². The van der Waals surface area contributed by atoms with E-state index in [2.05, 4.69) is 47.0 Å². The number of hydrogen-bond acceptors (Lipinski definition) is 4. The monoisotopic (exact) mass is 233 g/mol. The molecule has 0 fully saturated rings. The molecule has 4 heteroatoms. The van der Waals surface area contributed by atoms with Crippen LogP contribution in [0.4, 0.5) is 0 Å². The summed E-state index contributed by atoms with van der Waals surface area (Å²) in [6, 6.07) is 6.62. The van der Waals surface area contributed by atoms with E-state index < -0.39 is 0 Å². The average molecular weight is 233 g/mol. The highest BCUT2D eigenvalue weighted by Crippen LogP contribution is 2.24. The summed E-state index contributed by atoms with van der Waals surface area (Å²) in [6.07, 6.45) is 0. The van der Waals surface area contributed by atoms with Gasteiger partial charge < -0.3 is 5.32 Å². The van der Waals surface area contributed by atoms with Crippen LogP contribution in [0, 0.1) is 13.8 Å². The maximum atomic E-state index is 4.13. The van der Waals surface area contributed by atoms with Gasteiger partial charge in [0.2, 0.25) is 0 Å². The zero-order chi connectivity index (χ0) is 11.5. The van der Waals surface area contributed by atoms with Gasteiger partial charge in [-0.2, -0.15) is 0 Å². The lowest BCUT2D eigenvalue weighted by Crippen LogP contribution is -2.19. The maximum Gasteiger partial charge on any atom is 0.0970 e. The number of rotatable bonds is 3. The summed E-state index contributed by atoms with van der Waals surface area (Å²) in [5.41, 5.74) is 4.82. The normalized spacial score (nSPS) is 12.7. The molecule has 1 aromatic carbocycles. The lowest BCUT2D eigenvalue weighted by Gasteiger charge is -2.16. The van der Waals surface area contributed by atoms with Crippen LogP contribution >= 0.6 is 11.5 Å². The summed E-state index contributed by atoms with van der Waals surface area (Å²) < 4.78 is 3.92. The van der Waals surface area contributed by atoms with Crippen molar-refractivity contribution in [2.75, 3.05) is 7.05 Å². The van der Waals surface area contributed by atoms with E-state index in [4.69, 9.17) is 0 Å². The van der Waals surface area contributed by atoms with Gasteiger partial charge in [0.15, 0.2) is 0 Å². The molecule has 1 heterocycles. The van der Waals surface area contributed by atoms with Gasteiger partial charge in [-0.25, -0.2) is 0 Å². The number of nitrogens with one attached hydrogen (secondary N) is 1. The fraction of sp³-hybridized carbons (Fsp3) is 0.333. The molecule has 2 aromatic rings. The summed E-state index contributed by atoms with van der Waals surface area (Å²) in [6.45, 7) is 4.24. The molecular formula is C12H15N3S. The molecule has 0 aliphatic heterocycles. The fourth-order valence-electron chi connectivity index (χ4n) is 1.91. The second-order valence-corrected chi connectivity index (χ2v) is 4.52. The lowest BCUT2D eigenvalue weighted by atomic mass is 9.98. The van der Waals surface area contributed by atoms with Crippen molar-refractivity contribution in [2.24, 2.45) is 0 Å². The lowest BCUT2D eigenvalue weighted by molar-refractivity contribution is 0.664. The zero-order valence-corrected chi connectivity index (χ0v) is 10.5. The van der Waals surface area contributed by atoms with Gasteiger partial charge in [0.1, 0.15) is 0 Å². The fourth-order valence-corrected chi connectivity index (χ4v) is 2.39. The molecule has 0 radical (unpaired) electrons. The van der Waals surface area contributed by atoms with Crippen LogP contribution in [0.5, 0.6) is 0 Å². The molecule has 3 nitrogen and oxygen atoms in total. The van der Waals surface area contributed by atoms with E-state index in [1.54, 1.807) is 0 Å². The van der Waals surface area contributed by atoms with Gasteiger partial charge in [0.25, 0.3) is 0 Å². The van der Waals surface area contributed by atoms with E-state index in [9.17, 15) is 0 Å². The summed E-state index contributed by atoms with van der Waals surface area (Å²) in [5.74, 6) is 0. The molecule has 0 aliphatic carbocycles. The van der Waals surface area contributed by atoms with E-state index in [0.29, 0.717) is 0 Å². The number of benzene rings is 1. The van der Waals surface area contributed by atoms with Crippen molar-refractivity contribution in [3.8, 4) is 0 Å². The predicted molar refractivity (Wildman–Crippen MR) is 66.7 cm³/mol. The summed E-state index contributed by atoms with van der Waals surface area (Å²) >= 11 is 1.39. The number of aromatic nitrogens is 2. The van der Waals surface area contributed by atoms with Crippen molar-refractivity contribution in [1.82, 2.24) is 14.9 Å². The number of hydrogen-bond donors (Lipinski definition) is 1. The largest absolute Gasteiger partial charge is 0.308 e. The summed E-state index contributed by atoms with van der Waals surface area (Å²) in [7, 11) is 1.95. The first-order valence-corrected chi connectivity index (χ1v) is 6.07. The third kappa shape index (κ3) is 2.13. The molecule has 84 valence electrons. The van der Waals surface area contributed by atoms with Gasteiger partial charge in [-0.15, -0.1) is 5.10 Å². The van der Waals surface area contributed by atoms with E-state index >= 15 is 0 Å². The van der Waals surface area contributed by atoms with Crippen LogP contribution in [0.2, 0.25) is 0 Å². The van der Waals surface area contributed by atoms with Crippen molar-refractivity contribution in [3.05, 3.63) is 46.0 Å². The highest BCUT2D eigenvalue weighted by Gasteiger charge is 2.16. The standard InChI is InChI=1S/C12H15N3S/c1-8-4-5-10(9(2)6-8)12(13-3)11-7-16-15-14-11/h4-7,12-13H,1-3H3. The van der Waals surface area contributed by atoms with Crippen LogP contribution in [-0.2, 0) is 0 Å². The molecule has 1 aromatic heterocycles. The van der Waals surface area contributed by atoms with Gasteiger partial charge in [-0.1, -0.05) is 28.3 Å². The van der Waals surface area contributed by atoms with Crippen LogP contribution in [0.1, 0.15) is 28.4 Å². The Morgan fingerprint density at radius 3 is 2.69 bits per heavy atom. The van der Waals surface area contributed by atoms with Crippen molar-refractivity contribution < 1.29 is 0 Å². The third-order valence-corrected chi connectivity index (χ3v) is 3.22. The van der Waals surface area contributed by atoms with Crippen molar-refractivity contribution >= 4 is 11.5 Å². The zero-order valence-electron chi connectivity index (χ0n) is 9.69. The summed E-state index contributed by atoms with van der Waals surface area (Å²) in [5, 5.41) is 9.41. The molecule has 1 unspecified atom stereocenters. The van der Waals surface area contributed by atoms with E-state index in [1.165, 1.54) is 28.2 Å². The Kier molecular flexibility index (Phi) is 3.31. The van der Waals surface area contributed by atoms with Crippen LogP contribution in [0.3, 0.4) is 0 Å². The molecule has 1 atom stereocenters. The first-order chi connectivity index (χ1) is 7.72. The maximum absolute atomic E-state index is 4.13. The predicted octanol–water partition coefficient (Wildman–Crippen LogP) is 2.46. The van der Waals surface area contributed by atoms with Crippen molar-refractivity contribution in [2.45, 2.75) is 19.9 Å². The second kappa shape index (κ2) is 4.72. The number of aryl methyl sites for hydroxylation is 2. The Labute approximate surface area is 99.7 Å². The Bertz CT molecular complexity index is 465. The summed E-state index contributed by atoms with van der Waals surface area (Å²) in [4.78, 5) is 0. The van der Waals surface area contributed by atoms with Crippen molar-refractivity contribution in [3.63, 3.8) is 0 Å². The molecule has 0 bridgehead atoms. The number of nitrogens with zero attached hydrogens (tertiary/aromatic N) is 2.